The summed E-state index contributed by atoms with van der Waals surface area (Å²) in [5.74, 6) is 0.735. The molecule has 3 nitrogen and oxygen atoms in total. The van der Waals surface area contributed by atoms with Crippen LogP contribution in [-0.4, -0.2) is 9.97 Å². The first-order valence-corrected chi connectivity index (χ1v) is 6.98. The van der Waals surface area contributed by atoms with Crippen LogP contribution in [0.5, 0.6) is 0 Å². The fourth-order valence-electron chi connectivity index (χ4n) is 1.88. The van der Waals surface area contributed by atoms with Crippen molar-refractivity contribution in [2.45, 2.75) is 13.8 Å². The van der Waals surface area contributed by atoms with Gasteiger partial charge in [-0.05, 0) is 49.2 Å². The van der Waals surface area contributed by atoms with Gasteiger partial charge in [-0.15, -0.1) is 0 Å². The van der Waals surface area contributed by atoms with E-state index in [0.29, 0.717) is 10.7 Å². The Kier molecular flexibility index (Phi) is 4.17. The maximum Gasteiger partial charge on any atom is 0.131 e. The van der Waals surface area contributed by atoms with E-state index in [1.165, 1.54) is 0 Å². The highest BCUT2D eigenvalue weighted by molar-refractivity contribution is 9.10. The predicted octanol–water partition coefficient (Wildman–Crippen LogP) is 3.84. The van der Waals surface area contributed by atoms with Gasteiger partial charge in [0.2, 0.25) is 0 Å². The van der Waals surface area contributed by atoms with Crippen molar-refractivity contribution in [3.05, 3.63) is 51.6 Å². The topological polar surface area (TPSA) is 50.9 Å². The molecule has 0 unspecified atom stereocenters. The van der Waals surface area contributed by atoms with Gasteiger partial charge >= 0.3 is 0 Å². The normalized spacial score (nSPS) is 10.3. The lowest BCUT2D eigenvalue weighted by Crippen LogP contribution is -2.12. The zero-order valence-electron chi connectivity index (χ0n) is 10.7. The van der Waals surface area contributed by atoms with Gasteiger partial charge in [-0.2, -0.15) is 0 Å². The number of halogens is 1. The van der Waals surface area contributed by atoms with Gasteiger partial charge in [-0.1, -0.05) is 34.2 Å². The van der Waals surface area contributed by atoms with Crippen LogP contribution in [0.25, 0.3) is 0 Å². The van der Waals surface area contributed by atoms with Crippen LogP contribution in [0.15, 0.2) is 34.8 Å². The molecule has 0 saturated carbocycles. The lowest BCUT2D eigenvalue weighted by molar-refractivity contribution is 1.25. The van der Waals surface area contributed by atoms with Gasteiger partial charge in [0.1, 0.15) is 10.8 Å². The zero-order valence-corrected chi connectivity index (χ0v) is 13.1. The highest BCUT2D eigenvalue weighted by atomic mass is 79.9. The van der Waals surface area contributed by atoms with E-state index in [1.54, 1.807) is 6.07 Å². The SMILES string of the molecule is Cc1cc(Br)cc(C)c1Nc1cccc(C(N)=S)n1. The number of hydrogen-bond donors (Lipinski definition) is 2. The van der Waals surface area contributed by atoms with E-state index in [1.807, 2.05) is 12.1 Å². The zero-order chi connectivity index (χ0) is 14.0. The van der Waals surface area contributed by atoms with Crippen molar-refractivity contribution in [3.8, 4) is 0 Å². The Bertz CT molecular complexity index is 617. The lowest BCUT2D eigenvalue weighted by atomic mass is 10.1. The largest absolute Gasteiger partial charge is 0.388 e. The Labute approximate surface area is 126 Å². The molecule has 0 spiro atoms. The molecule has 0 radical (unpaired) electrons. The molecule has 19 heavy (non-hydrogen) atoms. The van der Waals surface area contributed by atoms with Gasteiger partial charge < -0.3 is 11.1 Å². The van der Waals surface area contributed by atoms with Gasteiger partial charge in [0, 0.05) is 10.2 Å². The first kappa shape index (κ1) is 14.0. The van der Waals surface area contributed by atoms with Crippen molar-refractivity contribution >= 4 is 44.6 Å². The van der Waals surface area contributed by atoms with Crippen molar-refractivity contribution in [2.24, 2.45) is 5.73 Å². The molecule has 98 valence electrons. The molecule has 2 rings (SSSR count). The summed E-state index contributed by atoms with van der Waals surface area (Å²) in [6, 6.07) is 9.70. The van der Waals surface area contributed by atoms with Crippen LogP contribution in [-0.2, 0) is 0 Å². The van der Waals surface area contributed by atoms with E-state index in [2.05, 4.69) is 52.2 Å². The summed E-state index contributed by atoms with van der Waals surface area (Å²) >= 11 is 8.42. The molecule has 5 heteroatoms. The van der Waals surface area contributed by atoms with E-state index in [0.717, 1.165) is 27.1 Å². The second-order valence-electron chi connectivity index (χ2n) is 4.31. The Hall–Kier alpha value is -1.46. The second-order valence-corrected chi connectivity index (χ2v) is 5.67. The number of nitrogens with zero attached hydrogens (tertiary/aromatic N) is 1. The minimum absolute atomic E-state index is 0.299. The van der Waals surface area contributed by atoms with E-state index >= 15 is 0 Å². The van der Waals surface area contributed by atoms with E-state index < -0.39 is 0 Å². The summed E-state index contributed by atoms with van der Waals surface area (Å²) in [7, 11) is 0. The average Bonchev–Trinajstić information content (AvgIpc) is 2.34. The Morgan fingerprint density at radius 2 is 1.89 bits per heavy atom. The number of benzene rings is 1. The molecule has 0 aliphatic rings. The lowest BCUT2D eigenvalue weighted by Gasteiger charge is -2.13. The summed E-state index contributed by atoms with van der Waals surface area (Å²) in [6.07, 6.45) is 0. The van der Waals surface area contributed by atoms with Crippen molar-refractivity contribution in [1.82, 2.24) is 4.98 Å². The van der Waals surface area contributed by atoms with Crippen molar-refractivity contribution in [2.75, 3.05) is 5.32 Å². The van der Waals surface area contributed by atoms with Gasteiger partial charge in [0.05, 0.1) is 5.69 Å². The number of pyridine rings is 1. The summed E-state index contributed by atoms with van der Waals surface area (Å²) in [5, 5.41) is 3.32. The minimum atomic E-state index is 0.299. The summed E-state index contributed by atoms with van der Waals surface area (Å²) in [5.41, 5.74) is 9.56. The smallest absolute Gasteiger partial charge is 0.131 e. The molecule has 0 amide bonds. The predicted molar refractivity (Wildman–Crippen MR) is 87.0 cm³/mol. The third-order valence-electron chi connectivity index (χ3n) is 2.75. The molecule has 1 heterocycles. The van der Waals surface area contributed by atoms with Crippen molar-refractivity contribution < 1.29 is 0 Å². The van der Waals surface area contributed by atoms with E-state index in [4.69, 9.17) is 18.0 Å². The number of aryl methyl sites for hydroxylation is 2. The van der Waals surface area contributed by atoms with Crippen molar-refractivity contribution in [3.63, 3.8) is 0 Å². The van der Waals surface area contributed by atoms with Crippen LogP contribution in [0.2, 0.25) is 0 Å². The highest BCUT2D eigenvalue weighted by Crippen LogP contribution is 2.27. The minimum Gasteiger partial charge on any atom is -0.388 e. The first-order chi connectivity index (χ1) is 8.97. The number of hydrogen-bond acceptors (Lipinski definition) is 3. The Balaban J connectivity index is 2.36. The third kappa shape index (κ3) is 3.30. The molecule has 3 N–H and O–H groups in total. The van der Waals surface area contributed by atoms with E-state index in [-0.39, 0.29) is 0 Å². The summed E-state index contributed by atoms with van der Waals surface area (Å²) in [6.45, 7) is 4.11. The Morgan fingerprint density at radius 1 is 1.26 bits per heavy atom. The van der Waals surface area contributed by atoms with Crippen LogP contribution in [0.1, 0.15) is 16.8 Å². The van der Waals surface area contributed by atoms with Gasteiger partial charge in [-0.25, -0.2) is 4.98 Å². The van der Waals surface area contributed by atoms with Gasteiger partial charge in [-0.3, -0.25) is 0 Å². The molecular formula is C14H14BrN3S. The molecule has 0 aliphatic carbocycles. The molecule has 0 bridgehead atoms. The molecule has 0 saturated heterocycles. The van der Waals surface area contributed by atoms with E-state index in [9.17, 15) is 0 Å². The monoisotopic (exact) mass is 335 g/mol. The van der Waals surface area contributed by atoms with Crippen LogP contribution in [0.4, 0.5) is 11.5 Å². The van der Waals surface area contributed by atoms with Crippen LogP contribution in [0.3, 0.4) is 0 Å². The summed E-state index contributed by atoms with van der Waals surface area (Å²) in [4.78, 5) is 4.68. The molecular weight excluding hydrogens is 322 g/mol. The molecule has 2 aromatic rings. The number of aromatic nitrogens is 1. The number of thiocarbonyl (C=S) groups is 1. The fourth-order valence-corrected chi connectivity index (χ4v) is 2.68. The molecule has 0 fully saturated rings. The van der Waals surface area contributed by atoms with Crippen LogP contribution in [0, 0.1) is 13.8 Å². The number of rotatable bonds is 3. The summed E-state index contributed by atoms with van der Waals surface area (Å²) < 4.78 is 1.07. The standard InChI is InChI=1S/C14H14BrN3S/c1-8-6-10(15)7-9(2)13(8)18-12-5-3-4-11(17-12)14(16)19/h3-7H,1-2H3,(H2,16,19)(H,17,18). The maximum atomic E-state index is 5.59. The molecule has 0 atom stereocenters. The average molecular weight is 336 g/mol. The molecule has 1 aromatic heterocycles. The second kappa shape index (κ2) is 5.67. The Morgan fingerprint density at radius 3 is 2.47 bits per heavy atom. The molecule has 0 aliphatic heterocycles. The van der Waals surface area contributed by atoms with Gasteiger partial charge in [0.15, 0.2) is 0 Å². The van der Waals surface area contributed by atoms with Gasteiger partial charge in [0.25, 0.3) is 0 Å². The fraction of sp³-hybridized carbons (Fsp3) is 0.143. The number of anilines is 2. The molecule has 1 aromatic carbocycles. The first-order valence-electron chi connectivity index (χ1n) is 5.78. The quantitative estimate of drug-likeness (QED) is 0.836. The number of nitrogens with one attached hydrogen (secondary N) is 1. The van der Waals surface area contributed by atoms with Crippen molar-refractivity contribution in [1.29, 1.82) is 0 Å². The maximum absolute atomic E-state index is 5.59. The highest BCUT2D eigenvalue weighted by Gasteiger charge is 2.06. The van der Waals surface area contributed by atoms with Crippen LogP contribution < -0.4 is 11.1 Å². The number of nitrogens with two attached hydrogens (primary N) is 1. The van der Waals surface area contributed by atoms with Crippen LogP contribution >= 0.6 is 28.1 Å². The third-order valence-corrected chi connectivity index (χ3v) is 3.42.